The fraction of sp³-hybridized carbons (Fsp3) is 0.316. The second-order valence-corrected chi connectivity index (χ2v) is 5.87. The van der Waals surface area contributed by atoms with Crippen LogP contribution in [0.4, 0.5) is 0 Å². The van der Waals surface area contributed by atoms with E-state index in [0.717, 1.165) is 5.56 Å². The van der Waals surface area contributed by atoms with Crippen molar-refractivity contribution < 1.29 is 19.0 Å². The van der Waals surface area contributed by atoms with E-state index in [0.29, 0.717) is 36.0 Å². The zero-order valence-electron chi connectivity index (χ0n) is 14.6. The Morgan fingerprint density at radius 1 is 1.27 bits per heavy atom. The Morgan fingerprint density at radius 2 is 2.04 bits per heavy atom. The van der Waals surface area contributed by atoms with E-state index >= 15 is 0 Å². The molecular weight excluding hydrogens is 334 g/mol. The van der Waals surface area contributed by atoms with Gasteiger partial charge in [0.2, 0.25) is 11.8 Å². The number of nitriles is 1. The lowest BCUT2D eigenvalue weighted by Gasteiger charge is -2.38. The summed E-state index contributed by atoms with van der Waals surface area (Å²) in [6, 6.07) is 10.8. The van der Waals surface area contributed by atoms with Crippen molar-refractivity contribution in [3.63, 3.8) is 0 Å². The molecule has 0 aliphatic carbocycles. The van der Waals surface area contributed by atoms with Crippen LogP contribution >= 0.6 is 0 Å². The Hall–Kier alpha value is -3.27. The number of methoxy groups -OCH3 is 2. The van der Waals surface area contributed by atoms with Crippen molar-refractivity contribution in [2.45, 2.75) is 12.5 Å². The zero-order chi connectivity index (χ0) is 18.5. The lowest BCUT2D eigenvalue weighted by Crippen LogP contribution is -2.56. The molecule has 0 atom stereocenters. The highest BCUT2D eigenvalue weighted by molar-refractivity contribution is 5.80. The minimum absolute atomic E-state index is 0.0126. The third-order valence-corrected chi connectivity index (χ3v) is 4.17. The van der Waals surface area contributed by atoms with E-state index in [9.17, 15) is 4.79 Å². The number of aromatic nitrogens is 1. The molecule has 1 fully saturated rings. The van der Waals surface area contributed by atoms with Crippen LogP contribution < -0.4 is 14.2 Å². The van der Waals surface area contributed by atoms with Crippen molar-refractivity contribution in [3.05, 3.63) is 47.7 Å². The van der Waals surface area contributed by atoms with Crippen molar-refractivity contribution in [2.24, 2.45) is 0 Å². The molecule has 0 unspecified atom stereocenters. The molecule has 0 radical (unpaired) electrons. The third-order valence-electron chi connectivity index (χ3n) is 4.17. The predicted octanol–water partition coefficient (Wildman–Crippen LogP) is 1.80. The summed E-state index contributed by atoms with van der Waals surface area (Å²) in [5, 5.41) is 9.05. The highest BCUT2D eigenvalue weighted by Gasteiger charge is 2.32. The maximum absolute atomic E-state index is 12.4. The summed E-state index contributed by atoms with van der Waals surface area (Å²) in [6.45, 7) is 0.959. The quantitative estimate of drug-likeness (QED) is 0.787. The molecule has 0 spiro atoms. The summed E-state index contributed by atoms with van der Waals surface area (Å²) in [4.78, 5) is 18.2. The van der Waals surface area contributed by atoms with Crippen LogP contribution in [0, 0.1) is 11.3 Å². The van der Waals surface area contributed by atoms with Crippen LogP contribution in [0.3, 0.4) is 0 Å². The summed E-state index contributed by atoms with van der Waals surface area (Å²) >= 11 is 0. The van der Waals surface area contributed by atoms with Gasteiger partial charge in [-0.25, -0.2) is 4.98 Å². The SMILES string of the molecule is COc1ccc(CC(=O)N2CC(Oc3ncccc3C#N)C2)cc1OC. The summed E-state index contributed by atoms with van der Waals surface area (Å²) < 4.78 is 16.2. The van der Waals surface area contributed by atoms with Gasteiger partial charge in [0.25, 0.3) is 0 Å². The number of ether oxygens (including phenoxy) is 3. The molecule has 3 rings (SSSR count). The van der Waals surface area contributed by atoms with Crippen LogP contribution in [-0.2, 0) is 11.2 Å². The Labute approximate surface area is 151 Å². The Balaban J connectivity index is 1.55. The van der Waals surface area contributed by atoms with Gasteiger partial charge in [-0.15, -0.1) is 0 Å². The lowest BCUT2D eigenvalue weighted by atomic mass is 10.1. The molecule has 7 heteroatoms. The summed E-state index contributed by atoms with van der Waals surface area (Å²) in [6.07, 6.45) is 1.71. The number of likely N-dealkylation sites (tertiary alicyclic amines) is 1. The largest absolute Gasteiger partial charge is 0.493 e. The smallest absolute Gasteiger partial charge is 0.232 e. The van der Waals surface area contributed by atoms with Gasteiger partial charge in [0, 0.05) is 6.20 Å². The number of benzene rings is 1. The average molecular weight is 353 g/mol. The van der Waals surface area contributed by atoms with Crippen molar-refractivity contribution in [3.8, 4) is 23.4 Å². The van der Waals surface area contributed by atoms with E-state index in [1.54, 1.807) is 49.6 Å². The van der Waals surface area contributed by atoms with E-state index in [2.05, 4.69) is 4.98 Å². The second kappa shape index (κ2) is 7.74. The number of hydrogen-bond acceptors (Lipinski definition) is 6. The van der Waals surface area contributed by atoms with Crippen LogP contribution in [0.1, 0.15) is 11.1 Å². The molecule has 0 N–H and O–H groups in total. The minimum Gasteiger partial charge on any atom is -0.493 e. The van der Waals surface area contributed by atoms with Gasteiger partial charge in [-0.1, -0.05) is 6.07 Å². The molecule has 0 saturated carbocycles. The molecule has 2 heterocycles. The molecule has 134 valence electrons. The molecule has 1 aromatic carbocycles. The van der Waals surface area contributed by atoms with Crippen LogP contribution in [0.15, 0.2) is 36.5 Å². The first-order valence-electron chi connectivity index (χ1n) is 8.15. The summed E-state index contributed by atoms with van der Waals surface area (Å²) in [5.41, 5.74) is 1.25. The molecule has 1 aliphatic rings. The van der Waals surface area contributed by atoms with E-state index in [-0.39, 0.29) is 18.4 Å². The third kappa shape index (κ3) is 3.70. The van der Waals surface area contributed by atoms with E-state index in [1.165, 1.54) is 0 Å². The molecule has 1 amide bonds. The van der Waals surface area contributed by atoms with Gasteiger partial charge in [-0.3, -0.25) is 4.79 Å². The topological polar surface area (TPSA) is 84.7 Å². The standard InChI is InChI=1S/C19H19N3O4/c1-24-16-6-5-13(8-17(16)25-2)9-18(23)22-11-15(12-22)26-19-14(10-20)4-3-7-21-19/h3-8,15H,9,11-12H2,1-2H3. The van der Waals surface area contributed by atoms with Crippen molar-refractivity contribution in [1.82, 2.24) is 9.88 Å². The molecule has 1 aliphatic heterocycles. The van der Waals surface area contributed by atoms with Crippen molar-refractivity contribution in [2.75, 3.05) is 27.3 Å². The van der Waals surface area contributed by atoms with Gasteiger partial charge in [-0.2, -0.15) is 5.26 Å². The summed E-state index contributed by atoms with van der Waals surface area (Å²) in [7, 11) is 3.14. The average Bonchev–Trinajstić information content (AvgIpc) is 2.64. The fourth-order valence-electron chi connectivity index (χ4n) is 2.72. The predicted molar refractivity (Wildman–Crippen MR) is 93.2 cm³/mol. The second-order valence-electron chi connectivity index (χ2n) is 5.87. The van der Waals surface area contributed by atoms with Crippen LogP contribution in [0.5, 0.6) is 17.4 Å². The van der Waals surface area contributed by atoms with Gasteiger partial charge in [0.15, 0.2) is 11.5 Å². The molecular formula is C19H19N3O4. The van der Waals surface area contributed by atoms with E-state index < -0.39 is 0 Å². The first-order chi connectivity index (χ1) is 12.6. The number of rotatable bonds is 6. The Bertz CT molecular complexity index is 841. The molecule has 0 bridgehead atoms. The monoisotopic (exact) mass is 353 g/mol. The molecule has 7 nitrogen and oxygen atoms in total. The van der Waals surface area contributed by atoms with Crippen LogP contribution in [-0.4, -0.2) is 49.2 Å². The molecule has 1 saturated heterocycles. The molecule has 2 aromatic rings. The van der Waals surface area contributed by atoms with Crippen LogP contribution in [0.2, 0.25) is 0 Å². The first-order valence-corrected chi connectivity index (χ1v) is 8.15. The fourth-order valence-corrected chi connectivity index (χ4v) is 2.72. The number of amides is 1. The van der Waals surface area contributed by atoms with Crippen molar-refractivity contribution >= 4 is 5.91 Å². The number of carbonyl (C=O) groups is 1. The number of nitrogens with zero attached hydrogens (tertiary/aromatic N) is 3. The Kier molecular flexibility index (Phi) is 5.23. The number of carbonyl (C=O) groups excluding carboxylic acids is 1. The van der Waals surface area contributed by atoms with Gasteiger partial charge >= 0.3 is 0 Å². The van der Waals surface area contributed by atoms with Gasteiger partial charge in [-0.05, 0) is 29.8 Å². The zero-order valence-corrected chi connectivity index (χ0v) is 14.6. The number of hydrogen-bond donors (Lipinski definition) is 0. The lowest BCUT2D eigenvalue weighted by molar-refractivity contribution is -0.139. The normalized spacial score (nSPS) is 13.5. The van der Waals surface area contributed by atoms with Crippen LogP contribution in [0.25, 0.3) is 0 Å². The highest BCUT2D eigenvalue weighted by Crippen LogP contribution is 2.28. The molecule has 1 aromatic heterocycles. The van der Waals surface area contributed by atoms with Gasteiger partial charge < -0.3 is 19.1 Å². The Morgan fingerprint density at radius 3 is 2.73 bits per heavy atom. The van der Waals surface area contributed by atoms with Gasteiger partial charge in [0.05, 0.1) is 33.7 Å². The van der Waals surface area contributed by atoms with Crippen molar-refractivity contribution in [1.29, 1.82) is 5.26 Å². The maximum atomic E-state index is 12.4. The maximum Gasteiger partial charge on any atom is 0.232 e. The van der Waals surface area contributed by atoms with E-state index in [4.69, 9.17) is 19.5 Å². The first kappa shape index (κ1) is 17.5. The minimum atomic E-state index is -0.147. The summed E-state index contributed by atoms with van der Waals surface area (Å²) in [5.74, 6) is 1.55. The van der Waals surface area contributed by atoms with Gasteiger partial charge in [0.1, 0.15) is 17.7 Å². The highest BCUT2D eigenvalue weighted by atomic mass is 16.5. The number of pyridine rings is 1. The van der Waals surface area contributed by atoms with E-state index in [1.807, 2.05) is 12.1 Å². The molecule has 26 heavy (non-hydrogen) atoms.